The molecule has 122 valence electrons. The minimum Gasteiger partial charge on any atom is -0.389 e. The number of aromatic nitrogens is 2. The van der Waals surface area contributed by atoms with Gasteiger partial charge in [-0.1, -0.05) is 30.4 Å². The summed E-state index contributed by atoms with van der Waals surface area (Å²) in [7, 11) is 0. The Morgan fingerprint density at radius 2 is 1.84 bits per heavy atom. The van der Waals surface area contributed by atoms with Crippen molar-refractivity contribution in [1.29, 1.82) is 5.26 Å². The van der Waals surface area contributed by atoms with Crippen LogP contribution < -0.4 is 5.73 Å². The molecule has 0 bridgehead atoms. The topological polar surface area (TPSA) is 67.6 Å². The van der Waals surface area contributed by atoms with Crippen LogP contribution in [0.3, 0.4) is 0 Å². The molecule has 1 aromatic heterocycles. The normalized spacial score (nSPS) is 11.1. The molecule has 0 fully saturated rings. The van der Waals surface area contributed by atoms with Crippen molar-refractivity contribution in [3.63, 3.8) is 0 Å². The molecule has 2 aromatic carbocycles. The molecule has 0 aliphatic rings. The van der Waals surface area contributed by atoms with Gasteiger partial charge in [-0.25, -0.2) is 9.07 Å². The number of nitriles is 1. The summed E-state index contributed by atoms with van der Waals surface area (Å²) in [5.41, 5.74) is 8.63. The molecule has 3 aromatic rings. The van der Waals surface area contributed by atoms with Gasteiger partial charge in [-0.2, -0.15) is 10.4 Å². The second-order valence-electron chi connectivity index (χ2n) is 5.25. The van der Waals surface area contributed by atoms with Crippen molar-refractivity contribution in [1.82, 2.24) is 9.78 Å². The molecule has 0 unspecified atom stereocenters. The van der Waals surface area contributed by atoms with Crippen LogP contribution in [0.1, 0.15) is 5.56 Å². The first kappa shape index (κ1) is 16.6. The Labute approximate surface area is 149 Å². The lowest BCUT2D eigenvalue weighted by atomic mass is 10.1. The number of thiocarbonyl (C=S) groups is 1. The largest absolute Gasteiger partial charge is 0.389 e. The van der Waals surface area contributed by atoms with Crippen molar-refractivity contribution in [2.75, 3.05) is 0 Å². The van der Waals surface area contributed by atoms with Gasteiger partial charge in [-0.15, -0.1) is 0 Å². The van der Waals surface area contributed by atoms with Crippen LogP contribution in [0, 0.1) is 17.1 Å². The molecule has 0 saturated heterocycles. The van der Waals surface area contributed by atoms with Gasteiger partial charge in [0.25, 0.3) is 0 Å². The predicted octanol–water partition coefficient (Wildman–Crippen LogP) is 3.87. The molecule has 1 heterocycles. The third-order valence-electron chi connectivity index (χ3n) is 3.57. The summed E-state index contributed by atoms with van der Waals surface area (Å²) >= 11 is 4.90. The number of rotatable bonds is 4. The van der Waals surface area contributed by atoms with Crippen molar-refractivity contribution in [2.45, 2.75) is 0 Å². The highest BCUT2D eigenvalue weighted by Crippen LogP contribution is 2.26. The Morgan fingerprint density at radius 3 is 2.44 bits per heavy atom. The van der Waals surface area contributed by atoms with Crippen molar-refractivity contribution in [3.05, 3.63) is 77.7 Å². The third kappa shape index (κ3) is 3.62. The molecule has 3 rings (SSSR count). The molecule has 6 heteroatoms. The van der Waals surface area contributed by atoms with Gasteiger partial charge in [0.15, 0.2) is 0 Å². The number of hydrogen-bond acceptors (Lipinski definition) is 3. The van der Waals surface area contributed by atoms with Crippen LogP contribution in [-0.2, 0) is 0 Å². The summed E-state index contributed by atoms with van der Waals surface area (Å²) in [4.78, 5) is 0.0139. The van der Waals surface area contributed by atoms with E-state index in [0.717, 1.165) is 11.3 Å². The van der Waals surface area contributed by atoms with Crippen LogP contribution in [0.25, 0.3) is 23.0 Å². The molecule has 0 aliphatic carbocycles. The Bertz CT molecular complexity index is 983. The lowest BCUT2D eigenvalue weighted by Crippen LogP contribution is -2.09. The van der Waals surface area contributed by atoms with E-state index in [-0.39, 0.29) is 16.4 Å². The maximum atomic E-state index is 13.2. The van der Waals surface area contributed by atoms with Gasteiger partial charge in [0, 0.05) is 17.3 Å². The van der Waals surface area contributed by atoms with E-state index >= 15 is 0 Å². The van der Waals surface area contributed by atoms with Gasteiger partial charge in [-0.3, -0.25) is 0 Å². The molecular formula is C19H13FN4S. The number of hydrogen-bond donors (Lipinski definition) is 1. The first-order valence-electron chi connectivity index (χ1n) is 7.41. The standard InChI is InChI=1S/C19H13FN4S/c20-16-8-6-13(7-9-16)18-15(10-14(11-21)19(22)25)12-24(23-18)17-4-2-1-3-5-17/h1-10,12H,(H2,22,25)/b14-10-. The molecule has 2 N–H and O–H groups in total. The van der Waals surface area contributed by atoms with Crippen LogP contribution in [0.5, 0.6) is 0 Å². The van der Waals surface area contributed by atoms with Crippen molar-refractivity contribution in [3.8, 4) is 23.0 Å². The van der Waals surface area contributed by atoms with E-state index in [1.165, 1.54) is 12.1 Å². The lowest BCUT2D eigenvalue weighted by Gasteiger charge is -2.00. The van der Waals surface area contributed by atoms with Gasteiger partial charge < -0.3 is 5.73 Å². The predicted molar refractivity (Wildman–Crippen MR) is 99.3 cm³/mol. The second-order valence-corrected chi connectivity index (χ2v) is 5.69. The number of nitrogens with two attached hydrogens (primary N) is 1. The van der Waals surface area contributed by atoms with Gasteiger partial charge in [0.05, 0.1) is 17.0 Å². The van der Waals surface area contributed by atoms with Gasteiger partial charge in [0.2, 0.25) is 0 Å². The third-order valence-corrected chi connectivity index (χ3v) is 3.79. The maximum Gasteiger partial charge on any atom is 0.123 e. The smallest absolute Gasteiger partial charge is 0.123 e. The number of benzene rings is 2. The lowest BCUT2D eigenvalue weighted by molar-refractivity contribution is 0.628. The first-order valence-corrected chi connectivity index (χ1v) is 7.82. The average Bonchev–Trinajstić information content (AvgIpc) is 3.04. The number of para-hydroxylation sites is 1. The fourth-order valence-electron chi connectivity index (χ4n) is 2.35. The molecule has 0 saturated carbocycles. The molecule has 0 radical (unpaired) electrons. The summed E-state index contributed by atoms with van der Waals surface area (Å²) < 4.78 is 14.9. The highest BCUT2D eigenvalue weighted by Gasteiger charge is 2.12. The molecule has 4 nitrogen and oxygen atoms in total. The van der Waals surface area contributed by atoms with Crippen LogP contribution >= 0.6 is 12.2 Å². The van der Waals surface area contributed by atoms with Crippen molar-refractivity contribution >= 4 is 23.3 Å². The zero-order valence-corrected chi connectivity index (χ0v) is 13.9. The average molecular weight is 348 g/mol. The second kappa shape index (κ2) is 7.07. The van der Waals surface area contributed by atoms with E-state index in [1.807, 2.05) is 36.4 Å². The number of nitrogens with zero attached hydrogens (tertiary/aromatic N) is 3. The maximum absolute atomic E-state index is 13.2. The van der Waals surface area contributed by atoms with E-state index in [0.29, 0.717) is 11.3 Å². The first-order chi connectivity index (χ1) is 12.1. The fraction of sp³-hybridized carbons (Fsp3) is 0. The minimum absolute atomic E-state index is 0.0139. The van der Waals surface area contributed by atoms with E-state index in [2.05, 4.69) is 5.10 Å². The SMILES string of the molecule is N#C/C(=C/c1cn(-c2ccccc2)nc1-c1ccc(F)cc1)C(N)=S. The van der Waals surface area contributed by atoms with Gasteiger partial charge >= 0.3 is 0 Å². The van der Waals surface area contributed by atoms with Gasteiger partial charge in [0.1, 0.15) is 16.9 Å². The van der Waals surface area contributed by atoms with E-state index in [9.17, 15) is 9.65 Å². The fourth-order valence-corrected chi connectivity index (χ4v) is 2.46. The molecule has 0 atom stereocenters. The Morgan fingerprint density at radius 1 is 1.16 bits per heavy atom. The Balaban J connectivity index is 2.18. The summed E-state index contributed by atoms with van der Waals surface area (Å²) in [6.07, 6.45) is 3.37. The quantitative estimate of drug-likeness (QED) is 0.441. The Hall–Kier alpha value is -3.30. The van der Waals surface area contributed by atoms with Crippen LogP contribution in [0.15, 0.2) is 66.4 Å². The van der Waals surface area contributed by atoms with Crippen molar-refractivity contribution < 1.29 is 4.39 Å². The Kier molecular flexibility index (Phi) is 4.68. The molecule has 25 heavy (non-hydrogen) atoms. The summed E-state index contributed by atoms with van der Waals surface area (Å²) in [6.45, 7) is 0. The highest BCUT2D eigenvalue weighted by molar-refractivity contribution is 7.80. The molecule has 0 spiro atoms. The van der Waals surface area contributed by atoms with E-state index in [4.69, 9.17) is 18.0 Å². The molecule has 0 amide bonds. The number of halogens is 1. The minimum atomic E-state index is -0.329. The summed E-state index contributed by atoms with van der Waals surface area (Å²) in [6, 6.07) is 17.5. The van der Waals surface area contributed by atoms with Crippen LogP contribution in [-0.4, -0.2) is 14.8 Å². The highest BCUT2D eigenvalue weighted by atomic mass is 32.1. The van der Waals surface area contributed by atoms with E-state index < -0.39 is 0 Å². The molecular weight excluding hydrogens is 335 g/mol. The zero-order valence-electron chi connectivity index (χ0n) is 13.1. The summed E-state index contributed by atoms with van der Waals surface area (Å²) in [5.74, 6) is -0.329. The van der Waals surface area contributed by atoms with E-state index in [1.54, 1.807) is 29.1 Å². The van der Waals surface area contributed by atoms with Crippen molar-refractivity contribution in [2.24, 2.45) is 5.73 Å². The molecule has 0 aliphatic heterocycles. The zero-order chi connectivity index (χ0) is 17.8. The monoisotopic (exact) mass is 348 g/mol. The summed E-state index contributed by atoms with van der Waals surface area (Å²) in [5, 5.41) is 13.8. The van der Waals surface area contributed by atoms with Crippen LogP contribution in [0.4, 0.5) is 4.39 Å². The van der Waals surface area contributed by atoms with Crippen LogP contribution in [0.2, 0.25) is 0 Å². The van der Waals surface area contributed by atoms with Gasteiger partial charge in [-0.05, 0) is 42.5 Å².